The Balaban J connectivity index is 1.87. The van der Waals surface area contributed by atoms with Crippen molar-refractivity contribution in [2.45, 2.75) is 19.4 Å². The summed E-state index contributed by atoms with van der Waals surface area (Å²) in [6.07, 6.45) is 6.54. The van der Waals surface area contributed by atoms with E-state index in [2.05, 4.69) is 41.3 Å². The number of aliphatic hydroxyl groups excluding tert-OH is 1. The van der Waals surface area contributed by atoms with E-state index >= 15 is 0 Å². The van der Waals surface area contributed by atoms with E-state index in [0.717, 1.165) is 13.1 Å². The standard InChI is InChI=1S/C15H21NO/c17-11-5-9-15-8-4-10-16(13-15)12-14-6-2-1-3-7-14/h1-3,5-7,9,15,17H,4,8,10-13H2/b9-5+. The molecule has 0 bridgehead atoms. The van der Waals surface area contributed by atoms with Gasteiger partial charge in [0, 0.05) is 13.1 Å². The monoisotopic (exact) mass is 231 g/mol. The zero-order valence-corrected chi connectivity index (χ0v) is 10.3. The molecular weight excluding hydrogens is 210 g/mol. The van der Waals surface area contributed by atoms with Gasteiger partial charge in [-0.1, -0.05) is 42.5 Å². The third-order valence-electron chi connectivity index (χ3n) is 3.30. The van der Waals surface area contributed by atoms with Crippen molar-refractivity contribution in [3.63, 3.8) is 0 Å². The lowest BCUT2D eigenvalue weighted by Crippen LogP contribution is -2.34. The Morgan fingerprint density at radius 2 is 2.12 bits per heavy atom. The van der Waals surface area contributed by atoms with Gasteiger partial charge in [-0.15, -0.1) is 0 Å². The molecule has 1 saturated heterocycles. The first-order chi connectivity index (χ1) is 8.38. The molecule has 1 heterocycles. The Morgan fingerprint density at radius 1 is 1.29 bits per heavy atom. The molecule has 92 valence electrons. The first kappa shape index (κ1) is 12.3. The lowest BCUT2D eigenvalue weighted by atomic mass is 9.97. The highest BCUT2D eigenvalue weighted by molar-refractivity contribution is 5.14. The first-order valence-corrected chi connectivity index (χ1v) is 6.42. The van der Waals surface area contributed by atoms with Crippen molar-refractivity contribution in [1.29, 1.82) is 0 Å². The van der Waals surface area contributed by atoms with Crippen LogP contribution in [-0.4, -0.2) is 29.7 Å². The van der Waals surface area contributed by atoms with Crippen molar-refractivity contribution >= 4 is 0 Å². The summed E-state index contributed by atoms with van der Waals surface area (Å²) in [6, 6.07) is 10.6. The fourth-order valence-corrected chi connectivity index (χ4v) is 2.49. The molecule has 2 nitrogen and oxygen atoms in total. The molecule has 0 radical (unpaired) electrons. The zero-order valence-electron chi connectivity index (χ0n) is 10.3. The van der Waals surface area contributed by atoms with Gasteiger partial charge in [0.25, 0.3) is 0 Å². The minimum absolute atomic E-state index is 0.162. The molecule has 1 atom stereocenters. The van der Waals surface area contributed by atoms with Crippen LogP contribution in [-0.2, 0) is 6.54 Å². The Kier molecular flexibility index (Phi) is 4.77. The molecule has 0 spiro atoms. The van der Waals surface area contributed by atoms with Gasteiger partial charge < -0.3 is 5.11 Å². The summed E-state index contributed by atoms with van der Waals surface area (Å²) in [4.78, 5) is 2.51. The Hall–Kier alpha value is -1.12. The van der Waals surface area contributed by atoms with Gasteiger partial charge in [0.1, 0.15) is 0 Å². The van der Waals surface area contributed by atoms with Crippen molar-refractivity contribution in [2.75, 3.05) is 19.7 Å². The molecule has 2 rings (SSSR count). The van der Waals surface area contributed by atoms with Crippen molar-refractivity contribution in [2.24, 2.45) is 5.92 Å². The summed E-state index contributed by atoms with van der Waals surface area (Å²) >= 11 is 0. The van der Waals surface area contributed by atoms with E-state index in [1.807, 2.05) is 6.08 Å². The second kappa shape index (κ2) is 6.58. The predicted octanol–water partition coefficient (Wildman–Crippen LogP) is 2.45. The Bertz CT molecular complexity index is 347. The fourth-order valence-electron chi connectivity index (χ4n) is 2.49. The third kappa shape index (κ3) is 3.99. The highest BCUT2D eigenvalue weighted by atomic mass is 16.2. The fraction of sp³-hybridized carbons (Fsp3) is 0.467. The summed E-state index contributed by atoms with van der Waals surface area (Å²) < 4.78 is 0. The predicted molar refractivity (Wildman–Crippen MR) is 70.7 cm³/mol. The molecule has 0 saturated carbocycles. The summed E-state index contributed by atoms with van der Waals surface area (Å²) in [5, 5.41) is 8.80. The van der Waals surface area contributed by atoms with Crippen LogP contribution in [0, 0.1) is 5.92 Å². The number of hydrogen-bond donors (Lipinski definition) is 1. The maximum Gasteiger partial charge on any atom is 0.0612 e. The molecule has 1 aromatic carbocycles. The van der Waals surface area contributed by atoms with Crippen molar-refractivity contribution in [3.05, 3.63) is 48.0 Å². The van der Waals surface area contributed by atoms with Crippen molar-refractivity contribution in [3.8, 4) is 0 Å². The summed E-state index contributed by atoms with van der Waals surface area (Å²) in [6.45, 7) is 3.52. The Morgan fingerprint density at radius 3 is 2.88 bits per heavy atom. The molecule has 0 aromatic heterocycles. The molecule has 1 aliphatic heterocycles. The lowest BCUT2D eigenvalue weighted by Gasteiger charge is -2.31. The van der Waals surface area contributed by atoms with Crippen LogP contribution in [0.5, 0.6) is 0 Å². The summed E-state index contributed by atoms with van der Waals surface area (Å²) in [5.74, 6) is 0.611. The van der Waals surface area contributed by atoms with Crippen LogP contribution in [0.15, 0.2) is 42.5 Å². The second-order valence-corrected chi connectivity index (χ2v) is 4.73. The third-order valence-corrected chi connectivity index (χ3v) is 3.30. The molecule has 1 N–H and O–H groups in total. The molecule has 0 amide bonds. The van der Waals surface area contributed by atoms with Crippen LogP contribution in [0.3, 0.4) is 0 Å². The SMILES string of the molecule is OC/C=C/C1CCCN(Cc2ccccc2)C1. The van der Waals surface area contributed by atoms with Crippen LogP contribution < -0.4 is 0 Å². The topological polar surface area (TPSA) is 23.5 Å². The number of piperidine rings is 1. The second-order valence-electron chi connectivity index (χ2n) is 4.73. The maximum absolute atomic E-state index is 8.80. The van der Waals surface area contributed by atoms with Crippen molar-refractivity contribution < 1.29 is 5.11 Å². The van der Waals surface area contributed by atoms with Crippen LogP contribution in [0.4, 0.5) is 0 Å². The first-order valence-electron chi connectivity index (χ1n) is 6.42. The highest BCUT2D eigenvalue weighted by Crippen LogP contribution is 2.19. The molecule has 1 unspecified atom stereocenters. The van der Waals surface area contributed by atoms with E-state index in [1.54, 1.807) is 0 Å². The van der Waals surface area contributed by atoms with Crippen LogP contribution in [0.1, 0.15) is 18.4 Å². The van der Waals surface area contributed by atoms with Crippen LogP contribution >= 0.6 is 0 Å². The number of aliphatic hydroxyl groups is 1. The molecule has 1 aromatic rings. The van der Waals surface area contributed by atoms with Crippen LogP contribution in [0.2, 0.25) is 0 Å². The normalized spacial score (nSPS) is 22.1. The van der Waals surface area contributed by atoms with Gasteiger partial charge in [-0.3, -0.25) is 4.90 Å². The van der Waals surface area contributed by atoms with E-state index in [0.29, 0.717) is 5.92 Å². The molecule has 0 aliphatic carbocycles. The van der Waals surface area contributed by atoms with E-state index < -0.39 is 0 Å². The minimum Gasteiger partial charge on any atom is -0.392 e. The summed E-state index contributed by atoms with van der Waals surface area (Å²) in [5.41, 5.74) is 1.39. The molecule has 17 heavy (non-hydrogen) atoms. The maximum atomic E-state index is 8.80. The Labute approximate surface area is 104 Å². The van der Waals surface area contributed by atoms with E-state index in [-0.39, 0.29) is 6.61 Å². The molecular formula is C15H21NO. The molecule has 1 fully saturated rings. The van der Waals surface area contributed by atoms with Gasteiger partial charge >= 0.3 is 0 Å². The lowest BCUT2D eigenvalue weighted by molar-refractivity contribution is 0.188. The van der Waals surface area contributed by atoms with Crippen molar-refractivity contribution in [1.82, 2.24) is 4.90 Å². The smallest absolute Gasteiger partial charge is 0.0612 e. The largest absolute Gasteiger partial charge is 0.392 e. The quantitative estimate of drug-likeness (QED) is 0.805. The molecule has 2 heteroatoms. The average Bonchev–Trinajstić information content (AvgIpc) is 2.38. The minimum atomic E-state index is 0.162. The number of nitrogens with zero attached hydrogens (tertiary/aromatic N) is 1. The van der Waals surface area contributed by atoms with Gasteiger partial charge in [0.05, 0.1) is 6.61 Å². The molecule has 1 aliphatic rings. The van der Waals surface area contributed by atoms with Gasteiger partial charge in [0.15, 0.2) is 0 Å². The average molecular weight is 231 g/mol. The summed E-state index contributed by atoms with van der Waals surface area (Å²) in [7, 11) is 0. The van der Waals surface area contributed by atoms with Gasteiger partial charge in [-0.25, -0.2) is 0 Å². The number of benzene rings is 1. The number of hydrogen-bond acceptors (Lipinski definition) is 2. The zero-order chi connectivity index (χ0) is 11.9. The van der Waals surface area contributed by atoms with Gasteiger partial charge in [-0.2, -0.15) is 0 Å². The highest BCUT2D eigenvalue weighted by Gasteiger charge is 2.17. The van der Waals surface area contributed by atoms with E-state index in [9.17, 15) is 0 Å². The number of likely N-dealkylation sites (tertiary alicyclic amines) is 1. The number of rotatable bonds is 4. The van der Waals surface area contributed by atoms with Crippen LogP contribution in [0.25, 0.3) is 0 Å². The van der Waals surface area contributed by atoms with E-state index in [4.69, 9.17) is 5.11 Å². The van der Waals surface area contributed by atoms with Gasteiger partial charge in [0.2, 0.25) is 0 Å². The van der Waals surface area contributed by atoms with E-state index in [1.165, 1.54) is 24.9 Å². The van der Waals surface area contributed by atoms with Gasteiger partial charge in [-0.05, 0) is 30.9 Å².